The molecule has 0 spiro atoms. The van der Waals surface area contributed by atoms with Crippen LogP contribution in [0.15, 0.2) is 30.3 Å². The highest BCUT2D eigenvalue weighted by molar-refractivity contribution is 7.88. The summed E-state index contributed by atoms with van der Waals surface area (Å²) in [5.41, 5.74) is 0.187. The van der Waals surface area contributed by atoms with Crippen molar-refractivity contribution in [2.75, 3.05) is 26.2 Å². The maximum absolute atomic E-state index is 12.6. The molecule has 29 heavy (non-hydrogen) atoms. The quantitative estimate of drug-likeness (QED) is 0.649. The molecule has 2 amide bonds. The highest BCUT2D eigenvalue weighted by Gasteiger charge is 2.31. The number of carbonyl (C=O) groups is 2. The minimum atomic E-state index is -3.39. The molecule has 2 N–H and O–H groups in total. The number of carbonyl (C=O) groups excluding carboxylic acids is 2. The number of alkyl carbamates (subject to hydrolysis) is 1. The first kappa shape index (κ1) is 23.2. The van der Waals surface area contributed by atoms with E-state index in [2.05, 4.69) is 10.6 Å². The van der Waals surface area contributed by atoms with Crippen LogP contribution in [-0.2, 0) is 25.3 Å². The molecule has 2 rings (SSSR count). The summed E-state index contributed by atoms with van der Waals surface area (Å²) >= 11 is 0. The minimum Gasteiger partial charge on any atom is -0.444 e. The van der Waals surface area contributed by atoms with Crippen LogP contribution in [0.5, 0.6) is 0 Å². The van der Waals surface area contributed by atoms with Gasteiger partial charge in [-0.3, -0.25) is 4.79 Å². The van der Waals surface area contributed by atoms with Crippen LogP contribution in [0.2, 0.25) is 0 Å². The second-order valence-corrected chi connectivity index (χ2v) is 10.1. The lowest BCUT2D eigenvalue weighted by Crippen LogP contribution is -2.44. The highest BCUT2D eigenvalue weighted by Crippen LogP contribution is 2.21. The van der Waals surface area contributed by atoms with Crippen LogP contribution in [0.3, 0.4) is 0 Å². The van der Waals surface area contributed by atoms with Crippen molar-refractivity contribution < 1.29 is 22.7 Å². The van der Waals surface area contributed by atoms with Gasteiger partial charge in [-0.1, -0.05) is 30.3 Å². The summed E-state index contributed by atoms with van der Waals surface area (Å²) in [6.45, 7) is 6.57. The van der Waals surface area contributed by atoms with Crippen molar-refractivity contribution in [1.82, 2.24) is 14.9 Å². The monoisotopic (exact) mass is 425 g/mol. The number of hydrogen-bond donors (Lipinski definition) is 2. The van der Waals surface area contributed by atoms with Gasteiger partial charge in [-0.2, -0.15) is 0 Å². The number of amides is 2. The standard InChI is InChI=1S/C20H31N3O5S/c1-20(2,3)28-19(25)22-12-11-21-18(24)17-9-13-23(14-10-17)29(26,27)15-16-7-5-4-6-8-16/h4-8,17H,9-15H2,1-3H3,(H,21,24)(H,22,25). The average Bonchev–Trinajstić information content (AvgIpc) is 2.64. The number of rotatable bonds is 7. The third-order valence-corrected chi connectivity index (χ3v) is 6.35. The van der Waals surface area contributed by atoms with Crippen LogP contribution in [0.1, 0.15) is 39.2 Å². The summed E-state index contributed by atoms with van der Waals surface area (Å²) in [4.78, 5) is 23.9. The number of sulfonamides is 1. The van der Waals surface area contributed by atoms with E-state index >= 15 is 0 Å². The Labute approximate surface area is 173 Å². The molecular formula is C20H31N3O5S. The van der Waals surface area contributed by atoms with E-state index in [1.807, 2.05) is 18.2 Å². The van der Waals surface area contributed by atoms with Crippen molar-refractivity contribution in [3.05, 3.63) is 35.9 Å². The Bertz CT molecular complexity index is 782. The fraction of sp³-hybridized carbons (Fsp3) is 0.600. The van der Waals surface area contributed by atoms with Gasteiger partial charge in [-0.05, 0) is 39.2 Å². The van der Waals surface area contributed by atoms with Crippen LogP contribution >= 0.6 is 0 Å². The van der Waals surface area contributed by atoms with E-state index < -0.39 is 21.7 Å². The van der Waals surface area contributed by atoms with Crippen LogP contribution in [0.4, 0.5) is 4.79 Å². The second kappa shape index (κ2) is 10.1. The Balaban J connectivity index is 1.70. The average molecular weight is 426 g/mol. The van der Waals surface area contributed by atoms with Crippen molar-refractivity contribution in [2.24, 2.45) is 5.92 Å². The second-order valence-electron chi connectivity index (χ2n) is 8.13. The van der Waals surface area contributed by atoms with E-state index in [0.29, 0.717) is 32.5 Å². The molecule has 162 valence electrons. The first-order valence-electron chi connectivity index (χ1n) is 9.83. The summed E-state index contributed by atoms with van der Waals surface area (Å²) in [7, 11) is -3.39. The van der Waals surface area contributed by atoms with Gasteiger partial charge in [0.05, 0.1) is 5.75 Å². The largest absolute Gasteiger partial charge is 0.444 e. The first-order valence-corrected chi connectivity index (χ1v) is 11.4. The maximum Gasteiger partial charge on any atom is 0.407 e. The molecule has 0 atom stereocenters. The van der Waals surface area contributed by atoms with E-state index in [1.165, 1.54) is 4.31 Å². The number of hydrogen-bond acceptors (Lipinski definition) is 5. The van der Waals surface area contributed by atoms with E-state index in [4.69, 9.17) is 4.74 Å². The third kappa shape index (κ3) is 8.02. The van der Waals surface area contributed by atoms with Crippen LogP contribution in [0, 0.1) is 5.92 Å². The zero-order valence-corrected chi connectivity index (χ0v) is 18.1. The zero-order valence-electron chi connectivity index (χ0n) is 17.3. The van der Waals surface area contributed by atoms with Gasteiger partial charge in [0.25, 0.3) is 0 Å². The molecule has 1 saturated heterocycles. The topological polar surface area (TPSA) is 105 Å². The van der Waals surface area contributed by atoms with Crippen molar-refractivity contribution >= 4 is 22.0 Å². The Morgan fingerprint density at radius 2 is 1.66 bits per heavy atom. The molecule has 1 aromatic carbocycles. The predicted molar refractivity (Wildman–Crippen MR) is 111 cm³/mol. The normalized spacial score (nSPS) is 16.2. The summed E-state index contributed by atoms with van der Waals surface area (Å²) in [6.07, 6.45) is 0.447. The lowest BCUT2D eigenvalue weighted by Gasteiger charge is -2.30. The van der Waals surface area contributed by atoms with Gasteiger partial charge in [-0.15, -0.1) is 0 Å². The van der Waals surface area contributed by atoms with Gasteiger partial charge in [0.1, 0.15) is 5.60 Å². The maximum atomic E-state index is 12.6. The molecule has 8 nitrogen and oxygen atoms in total. The van der Waals surface area contributed by atoms with Crippen LogP contribution < -0.4 is 10.6 Å². The molecule has 0 unspecified atom stereocenters. The smallest absolute Gasteiger partial charge is 0.407 e. The number of nitrogens with zero attached hydrogens (tertiary/aromatic N) is 1. The van der Waals surface area contributed by atoms with Crippen molar-refractivity contribution in [3.8, 4) is 0 Å². The summed E-state index contributed by atoms with van der Waals surface area (Å²) in [5, 5.41) is 5.37. The Morgan fingerprint density at radius 1 is 1.07 bits per heavy atom. The molecule has 1 aliphatic rings. The molecule has 1 aliphatic heterocycles. The molecule has 0 saturated carbocycles. The van der Waals surface area contributed by atoms with E-state index in [0.717, 1.165) is 5.56 Å². The van der Waals surface area contributed by atoms with Gasteiger partial charge in [-0.25, -0.2) is 17.5 Å². The number of nitrogens with one attached hydrogen (secondary N) is 2. The molecule has 1 heterocycles. The van der Waals surface area contributed by atoms with Gasteiger partial charge in [0.2, 0.25) is 15.9 Å². The molecule has 1 fully saturated rings. The van der Waals surface area contributed by atoms with E-state index in [1.54, 1.807) is 32.9 Å². The fourth-order valence-electron chi connectivity index (χ4n) is 3.08. The number of piperidine rings is 1. The van der Waals surface area contributed by atoms with Crippen LogP contribution in [0.25, 0.3) is 0 Å². The Hall–Kier alpha value is -2.13. The Kier molecular flexibility index (Phi) is 8.04. The lowest BCUT2D eigenvalue weighted by molar-refractivity contribution is -0.126. The molecule has 9 heteroatoms. The molecule has 0 radical (unpaired) electrons. The predicted octanol–water partition coefficient (Wildman–Crippen LogP) is 1.87. The lowest BCUT2D eigenvalue weighted by atomic mass is 9.97. The highest BCUT2D eigenvalue weighted by atomic mass is 32.2. The Morgan fingerprint density at radius 3 is 2.24 bits per heavy atom. The molecule has 0 aromatic heterocycles. The van der Waals surface area contributed by atoms with Gasteiger partial charge >= 0.3 is 6.09 Å². The van der Waals surface area contributed by atoms with Crippen molar-refractivity contribution in [2.45, 2.75) is 45.0 Å². The van der Waals surface area contributed by atoms with Gasteiger partial charge in [0, 0.05) is 32.1 Å². The van der Waals surface area contributed by atoms with Gasteiger partial charge < -0.3 is 15.4 Å². The first-order chi connectivity index (χ1) is 13.6. The number of benzene rings is 1. The summed E-state index contributed by atoms with van der Waals surface area (Å²) < 4.78 is 31.7. The number of ether oxygens (including phenoxy) is 1. The third-order valence-electron chi connectivity index (χ3n) is 4.50. The SMILES string of the molecule is CC(C)(C)OC(=O)NCCNC(=O)C1CCN(S(=O)(=O)Cc2ccccc2)CC1. The molecular weight excluding hydrogens is 394 g/mol. The molecule has 0 bridgehead atoms. The summed E-state index contributed by atoms with van der Waals surface area (Å²) in [6, 6.07) is 9.08. The minimum absolute atomic E-state index is 0.0267. The molecule has 1 aromatic rings. The zero-order chi connectivity index (χ0) is 21.5. The van der Waals surface area contributed by atoms with Crippen molar-refractivity contribution in [1.29, 1.82) is 0 Å². The van der Waals surface area contributed by atoms with Crippen molar-refractivity contribution in [3.63, 3.8) is 0 Å². The van der Waals surface area contributed by atoms with Crippen LogP contribution in [-0.4, -0.2) is 56.5 Å². The fourth-order valence-corrected chi connectivity index (χ4v) is 4.64. The molecule has 0 aliphatic carbocycles. The van der Waals surface area contributed by atoms with E-state index in [9.17, 15) is 18.0 Å². The summed E-state index contributed by atoms with van der Waals surface area (Å²) in [5.74, 6) is -0.364. The van der Waals surface area contributed by atoms with Gasteiger partial charge in [0.15, 0.2) is 0 Å². The van der Waals surface area contributed by atoms with E-state index in [-0.39, 0.29) is 24.1 Å².